The first-order valence-corrected chi connectivity index (χ1v) is 6.87. The standard InChI is InChI=1S/C13H15ClN4O2/c1-8-6-11(20-16-8)10-4-3-5-18(10)13(19)12-9(14)7-15-17(12)2/h6-7,10H,3-5H2,1-2H3/t10-/m1/s1. The van der Waals surface area contributed by atoms with Crippen LogP contribution in [0.4, 0.5) is 0 Å². The first kappa shape index (κ1) is 13.2. The van der Waals surface area contributed by atoms with Gasteiger partial charge in [0.25, 0.3) is 5.91 Å². The molecule has 0 N–H and O–H groups in total. The fourth-order valence-corrected chi connectivity index (χ4v) is 2.88. The average Bonchev–Trinajstić information content (AvgIpc) is 3.09. The minimum Gasteiger partial charge on any atom is -0.359 e. The van der Waals surface area contributed by atoms with E-state index in [2.05, 4.69) is 10.3 Å². The van der Waals surface area contributed by atoms with E-state index in [1.807, 2.05) is 13.0 Å². The predicted octanol–water partition coefficient (Wildman–Crippen LogP) is 2.35. The molecule has 3 heterocycles. The Morgan fingerprint density at radius 3 is 2.95 bits per heavy atom. The van der Waals surface area contributed by atoms with Crippen LogP contribution in [-0.2, 0) is 7.05 Å². The maximum absolute atomic E-state index is 12.7. The van der Waals surface area contributed by atoms with E-state index in [1.165, 1.54) is 10.9 Å². The SMILES string of the molecule is Cc1cc([C@H]2CCCN2C(=O)c2c(Cl)cnn2C)on1. The summed E-state index contributed by atoms with van der Waals surface area (Å²) >= 11 is 6.05. The van der Waals surface area contributed by atoms with E-state index < -0.39 is 0 Å². The number of aryl methyl sites for hydroxylation is 2. The normalized spacial score (nSPS) is 18.8. The second-order valence-electron chi connectivity index (χ2n) is 4.99. The van der Waals surface area contributed by atoms with Crippen LogP contribution in [0, 0.1) is 6.92 Å². The fourth-order valence-electron chi connectivity index (χ4n) is 2.63. The van der Waals surface area contributed by atoms with E-state index in [0.29, 0.717) is 17.3 Å². The zero-order valence-electron chi connectivity index (χ0n) is 11.3. The summed E-state index contributed by atoms with van der Waals surface area (Å²) < 4.78 is 6.81. The molecule has 3 rings (SSSR count). The van der Waals surface area contributed by atoms with Crippen molar-refractivity contribution in [1.29, 1.82) is 0 Å². The lowest BCUT2D eigenvalue weighted by atomic mass is 10.1. The molecular weight excluding hydrogens is 280 g/mol. The van der Waals surface area contributed by atoms with Crippen LogP contribution in [0.25, 0.3) is 0 Å². The van der Waals surface area contributed by atoms with E-state index in [-0.39, 0.29) is 11.9 Å². The highest BCUT2D eigenvalue weighted by Crippen LogP contribution is 2.34. The molecule has 0 aromatic carbocycles. The molecule has 0 saturated carbocycles. The molecule has 1 fully saturated rings. The summed E-state index contributed by atoms with van der Waals surface area (Å²) in [5.74, 6) is 0.609. The van der Waals surface area contributed by atoms with Crippen molar-refractivity contribution in [2.75, 3.05) is 6.54 Å². The summed E-state index contributed by atoms with van der Waals surface area (Å²) in [4.78, 5) is 14.4. The van der Waals surface area contributed by atoms with E-state index >= 15 is 0 Å². The highest BCUT2D eigenvalue weighted by molar-refractivity contribution is 6.33. The van der Waals surface area contributed by atoms with Gasteiger partial charge in [-0.3, -0.25) is 9.48 Å². The van der Waals surface area contributed by atoms with Crippen molar-refractivity contribution in [2.45, 2.75) is 25.8 Å². The van der Waals surface area contributed by atoms with Gasteiger partial charge in [0, 0.05) is 19.7 Å². The van der Waals surface area contributed by atoms with Crippen LogP contribution in [0.2, 0.25) is 5.02 Å². The van der Waals surface area contributed by atoms with Crippen molar-refractivity contribution >= 4 is 17.5 Å². The molecule has 0 radical (unpaired) electrons. The Hall–Kier alpha value is -1.82. The molecule has 1 aliphatic heterocycles. The van der Waals surface area contributed by atoms with Gasteiger partial charge >= 0.3 is 0 Å². The second kappa shape index (κ2) is 4.94. The van der Waals surface area contributed by atoms with Gasteiger partial charge in [0.15, 0.2) is 5.76 Å². The molecule has 0 spiro atoms. The van der Waals surface area contributed by atoms with E-state index in [9.17, 15) is 4.79 Å². The lowest BCUT2D eigenvalue weighted by Gasteiger charge is -2.22. The predicted molar refractivity (Wildman–Crippen MR) is 72.5 cm³/mol. The Labute approximate surface area is 121 Å². The van der Waals surface area contributed by atoms with Crippen LogP contribution < -0.4 is 0 Å². The number of rotatable bonds is 2. The smallest absolute Gasteiger partial charge is 0.274 e. The first-order valence-electron chi connectivity index (χ1n) is 6.49. The minimum absolute atomic E-state index is 0.0744. The molecule has 20 heavy (non-hydrogen) atoms. The Kier molecular flexibility index (Phi) is 3.25. The summed E-state index contributed by atoms with van der Waals surface area (Å²) in [6, 6.07) is 1.80. The lowest BCUT2D eigenvalue weighted by molar-refractivity contribution is 0.0703. The number of nitrogens with zero attached hydrogens (tertiary/aromatic N) is 4. The number of likely N-dealkylation sites (tertiary alicyclic amines) is 1. The van der Waals surface area contributed by atoms with E-state index in [0.717, 1.165) is 24.3 Å². The maximum Gasteiger partial charge on any atom is 0.274 e. The van der Waals surface area contributed by atoms with Crippen molar-refractivity contribution in [2.24, 2.45) is 7.05 Å². The van der Waals surface area contributed by atoms with Crippen molar-refractivity contribution in [1.82, 2.24) is 19.8 Å². The molecule has 1 aliphatic rings. The number of carbonyl (C=O) groups excluding carboxylic acids is 1. The molecule has 1 saturated heterocycles. The summed E-state index contributed by atoms with van der Waals surface area (Å²) in [5, 5.41) is 8.28. The van der Waals surface area contributed by atoms with Crippen molar-refractivity contribution < 1.29 is 9.32 Å². The van der Waals surface area contributed by atoms with Gasteiger partial charge in [-0.15, -0.1) is 0 Å². The van der Waals surface area contributed by atoms with Gasteiger partial charge in [0.1, 0.15) is 5.69 Å². The summed E-state index contributed by atoms with van der Waals surface area (Å²) in [5.41, 5.74) is 1.23. The van der Waals surface area contributed by atoms with E-state index in [4.69, 9.17) is 16.1 Å². The number of aromatic nitrogens is 3. The maximum atomic E-state index is 12.7. The van der Waals surface area contributed by atoms with Gasteiger partial charge in [-0.1, -0.05) is 16.8 Å². The van der Waals surface area contributed by atoms with Crippen molar-refractivity contribution in [3.8, 4) is 0 Å². The third kappa shape index (κ3) is 2.10. The Morgan fingerprint density at radius 2 is 2.35 bits per heavy atom. The van der Waals surface area contributed by atoms with Crippen LogP contribution in [0.1, 0.15) is 40.8 Å². The Bertz CT molecular complexity index is 629. The molecule has 6 nitrogen and oxygen atoms in total. The monoisotopic (exact) mass is 294 g/mol. The van der Waals surface area contributed by atoms with Crippen LogP contribution in [0.3, 0.4) is 0 Å². The minimum atomic E-state index is -0.119. The molecule has 2 aromatic heterocycles. The van der Waals surface area contributed by atoms with Gasteiger partial charge in [0.05, 0.1) is 23.0 Å². The summed E-state index contributed by atoms with van der Waals surface area (Å²) in [7, 11) is 1.71. The zero-order valence-corrected chi connectivity index (χ0v) is 12.1. The van der Waals surface area contributed by atoms with Crippen LogP contribution in [0.15, 0.2) is 16.8 Å². The molecule has 106 valence electrons. The number of halogens is 1. The van der Waals surface area contributed by atoms with Crippen molar-refractivity contribution in [3.05, 3.63) is 34.4 Å². The van der Waals surface area contributed by atoms with Crippen LogP contribution in [-0.4, -0.2) is 32.3 Å². The number of hydrogen-bond donors (Lipinski definition) is 0. The quantitative estimate of drug-likeness (QED) is 0.853. The number of amides is 1. The van der Waals surface area contributed by atoms with E-state index in [1.54, 1.807) is 11.9 Å². The molecule has 0 unspecified atom stereocenters. The summed E-state index contributed by atoms with van der Waals surface area (Å²) in [6.07, 6.45) is 3.29. The number of hydrogen-bond acceptors (Lipinski definition) is 4. The van der Waals surface area contributed by atoms with Crippen molar-refractivity contribution in [3.63, 3.8) is 0 Å². The molecule has 7 heteroatoms. The lowest BCUT2D eigenvalue weighted by Crippen LogP contribution is -2.32. The fraction of sp³-hybridized carbons (Fsp3) is 0.462. The zero-order chi connectivity index (χ0) is 14.3. The first-order chi connectivity index (χ1) is 9.58. The molecule has 1 atom stereocenters. The van der Waals surface area contributed by atoms with Gasteiger partial charge < -0.3 is 9.42 Å². The summed E-state index contributed by atoms with van der Waals surface area (Å²) in [6.45, 7) is 2.55. The largest absolute Gasteiger partial charge is 0.359 e. The molecule has 1 amide bonds. The third-order valence-electron chi connectivity index (χ3n) is 3.58. The molecule has 0 aliphatic carbocycles. The third-order valence-corrected chi connectivity index (χ3v) is 3.86. The van der Waals surface area contributed by atoms with Gasteiger partial charge in [0.2, 0.25) is 0 Å². The molecular formula is C13H15ClN4O2. The molecule has 2 aromatic rings. The Balaban J connectivity index is 1.91. The average molecular weight is 295 g/mol. The highest BCUT2D eigenvalue weighted by atomic mass is 35.5. The van der Waals surface area contributed by atoms with Gasteiger partial charge in [-0.05, 0) is 19.8 Å². The second-order valence-corrected chi connectivity index (χ2v) is 5.40. The van der Waals surface area contributed by atoms with Crippen LogP contribution in [0.5, 0.6) is 0 Å². The van der Waals surface area contributed by atoms with Gasteiger partial charge in [-0.25, -0.2) is 0 Å². The topological polar surface area (TPSA) is 64.2 Å². The van der Waals surface area contributed by atoms with Gasteiger partial charge in [-0.2, -0.15) is 5.10 Å². The van der Waals surface area contributed by atoms with Crippen LogP contribution >= 0.6 is 11.6 Å². The number of carbonyl (C=O) groups is 1. The Morgan fingerprint density at radius 1 is 1.55 bits per heavy atom. The molecule has 0 bridgehead atoms. The highest BCUT2D eigenvalue weighted by Gasteiger charge is 2.35.